The normalized spacial score (nSPS) is 13.7. The molecule has 0 unspecified atom stereocenters. The summed E-state index contributed by atoms with van der Waals surface area (Å²) in [7, 11) is -3.26. The van der Waals surface area contributed by atoms with E-state index in [4.69, 9.17) is 5.11 Å². The average molecular weight is 209 g/mol. The molecule has 0 aliphatic rings. The van der Waals surface area contributed by atoms with Crippen LogP contribution < -0.4 is 4.72 Å². The topological polar surface area (TPSA) is 66.4 Å². The van der Waals surface area contributed by atoms with Crippen LogP contribution in [0.4, 0.5) is 0 Å². The molecular weight excluding hydrogens is 190 g/mol. The highest BCUT2D eigenvalue weighted by molar-refractivity contribution is 7.89. The van der Waals surface area contributed by atoms with Gasteiger partial charge in [0.15, 0.2) is 0 Å². The molecule has 13 heavy (non-hydrogen) atoms. The molecule has 0 aliphatic carbocycles. The largest absolute Gasteiger partial charge is 0.396 e. The lowest BCUT2D eigenvalue weighted by molar-refractivity contribution is 0.178. The highest BCUT2D eigenvalue weighted by atomic mass is 32.2. The third-order valence-corrected chi connectivity index (χ3v) is 3.42. The van der Waals surface area contributed by atoms with Crippen LogP contribution in [0.5, 0.6) is 0 Å². The van der Waals surface area contributed by atoms with Crippen LogP contribution in [0.3, 0.4) is 0 Å². The number of hydrogen-bond acceptors (Lipinski definition) is 3. The fourth-order valence-corrected chi connectivity index (χ4v) is 2.88. The summed E-state index contributed by atoms with van der Waals surface area (Å²) in [4.78, 5) is 0. The second-order valence-corrected chi connectivity index (χ2v) is 6.11. The van der Waals surface area contributed by atoms with Crippen molar-refractivity contribution in [3.05, 3.63) is 0 Å². The first kappa shape index (κ1) is 12.9. The first-order chi connectivity index (χ1) is 5.68. The zero-order valence-corrected chi connectivity index (χ0v) is 9.48. The minimum absolute atomic E-state index is 0.0469. The van der Waals surface area contributed by atoms with Crippen LogP contribution in [0.15, 0.2) is 0 Å². The fourth-order valence-electron chi connectivity index (χ4n) is 0.961. The Kier molecular flexibility index (Phi) is 4.35. The van der Waals surface area contributed by atoms with E-state index >= 15 is 0 Å². The van der Waals surface area contributed by atoms with Crippen LogP contribution in [0, 0.1) is 5.41 Å². The molecule has 0 fully saturated rings. The molecule has 0 aromatic carbocycles. The maximum absolute atomic E-state index is 11.4. The van der Waals surface area contributed by atoms with E-state index in [2.05, 4.69) is 4.72 Å². The first-order valence-corrected chi connectivity index (χ1v) is 5.95. The predicted molar refractivity (Wildman–Crippen MR) is 52.9 cm³/mol. The maximum Gasteiger partial charge on any atom is 0.212 e. The van der Waals surface area contributed by atoms with E-state index in [1.54, 1.807) is 27.7 Å². The SMILES string of the molecule is CC(C)NS(=O)(=O)CC(C)(C)CO. The molecule has 0 atom stereocenters. The summed E-state index contributed by atoms with van der Waals surface area (Å²) >= 11 is 0. The maximum atomic E-state index is 11.4. The molecule has 4 nitrogen and oxygen atoms in total. The van der Waals surface area contributed by atoms with Gasteiger partial charge in [-0.15, -0.1) is 0 Å². The molecule has 5 heteroatoms. The smallest absolute Gasteiger partial charge is 0.212 e. The summed E-state index contributed by atoms with van der Waals surface area (Å²) in [5.41, 5.74) is -0.583. The van der Waals surface area contributed by atoms with Crippen molar-refractivity contribution in [3.63, 3.8) is 0 Å². The zero-order valence-electron chi connectivity index (χ0n) is 8.66. The van der Waals surface area contributed by atoms with E-state index < -0.39 is 15.4 Å². The summed E-state index contributed by atoms with van der Waals surface area (Å²) in [6.07, 6.45) is 0. The second kappa shape index (κ2) is 4.39. The van der Waals surface area contributed by atoms with Gasteiger partial charge in [-0.1, -0.05) is 13.8 Å². The first-order valence-electron chi connectivity index (χ1n) is 4.29. The predicted octanol–water partition coefficient (Wildman–Crippen LogP) is 0.333. The lowest BCUT2D eigenvalue weighted by atomic mass is 9.98. The standard InChI is InChI=1S/C8H19NO3S/c1-7(2)9-13(11,12)6-8(3,4)5-10/h7,9-10H,5-6H2,1-4H3. The number of aliphatic hydroxyl groups excluding tert-OH is 1. The Hall–Kier alpha value is -0.130. The second-order valence-electron chi connectivity index (χ2n) is 4.35. The van der Waals surface area contributed by atoms with E-state index in [9.17, 15) is 8.42 Å². The van der Waals surface area contributed by atoms with E-state index in [0.29, 0.717) is 0 Å². The van der Waals surface area contributed by atoms with Gasteiger partial charge in [0, 0.05) is 18.1 Å². The summed E-state index contributed by atoms with van der Waals surface area (Å²) in [5, 5.41) is 8.90. The Morgan fingerprint density at radius 2 is 1.85 bits per heavy atom. The molecule has 0 aromatic heterocycles. The van der Waals surface area contributed by atoms with Crippen molar-refractivity contribution in [2.45, 2.75) is 33.7 Å². The van der Waals surface area contributed by atoms with Gasteiger partial charge in [0.25, 0.3) is 0 Å². The Morgan fingerprint density at radius 3 is 2.15 bits per heavy atom. The number of rotatable bonds is 5. The van der Waals surface area contributed by atoms with Crippen LogP contribution in [0.25, 0.3) is 0 Å². The molecule has 0 aliphatic heterocycles. The Bertz CT molecular complexity index is 244. The molecule has 0 rings (SSSR count). The quantitative estimate of drug-likeness (QED) is 0.686. The molecular formula is C8H19NO3S. The zero-order chi connectivity index (χ0) is 10.7. The van der Waals surface area contributed by atoms with E-state index in [1.165, 1.54) is 0 Å². The molecule has 0 bridgehead atoms. The van der Waals surface area contributed by atoms with Gasteiger partial charge >= 0.3 is 0 Å². The van der Waals surface area contributed by atoms with Gasteiger partial charge in [0.2, 0.25) is 10.0 Å². The molecule has 0 spiro atoms. The molecule has 0 heterocycles. The monoisotopic (exact) mass is 209 g/mol. The van der Waals surface area contributed by atoms with Crippen molar-refractivity contribution in [1.29, 1.82) is 0 Å². The highest BCUT2D eigenvalue weighted by Crippen LogP contribution is 2.15. The van der Waals surface area contributed by atoms with Crippen LogP contribution in [-0.2, 0) is 10.0 Å². The molecule has 0 saturated carbocycles. The lowest BCUT2D eigenvalue weighted by Crippen LogP contribution is -2.38. The molecule has 2 N–H and O–H groups in total. The van der Waals surface area contributed by atoms with Gasteiger partial charge in [0.1, 0.15) is 0 Å². The Labute approximate surface area is 80.4 Å². The van der Waals surface area contributed by atoms with E-state index in [-0.39, 0.29) is 18.4 Å². The van der Waals surface area contributed by atoms with Gasteiger partial charge in [-0.2, -0.15) is 0 Å². The Balaban J connectivity index is 4.35. The molecule has 0 amide bonds. The van der Waals surface area contributed by atoms with Crippen molar-refractivity contribution in [3.8, 4) is 0 Å². The van der Waals surface area contributed by atoms with Crippen molar-refractivity contribution >= 4 is 10.0 Å². The van der Waals surface area contributed by atoms with Crippen LogP contribution in [0.1, 0.15) is 27.7 Å². The van der Waals surface area contributed by atoms with Gasteiger partial charge < -0.3 is 5.11 Å². The highest BCUT2D eigenvalue weighted by Gasteiger charge is 2.25. The third kappa shape index (κ3) is 6.01. The number of hydrogen-bond donors (Lipinski definition) is 2. The van der Waals surface area contributed by atoms with Crippen LogP contribution >= 0.6 is 0 Å². The average Bonchev–Trinajstić information content (AvgIpc) is 1.81. The van der Waals surface area contributed by atoms with E-state index in [1.807, 2.05) is 0 Å². The van der Waals surface area contributed by atoms with Crippen LogP contribution in [0.2, 0.25) is 0 Å². The van der Waals surface area contributed by atoms with Crippen molar-refractivity contribution in [2.75, 3.05) is 12.4 Å². The molecule has 0 saturated heterocycles. The van der Waals surface area contributed by atoms with E-state index in [0.717, 1.165) is 0 Å². The summed E-state index contributed by atoms with van der Waals surface area (Å²) in [6, 6.07) is -0.0977. The number of sulfonamides is 1. The minimum atomic E-state index is -3.26. The molecule has 0 aromatic rings. The fraction of sp³-hybridized carbons (Fsp3) is 1.00. The molecule has 0 radical (unpaired) electrons. The molecule has 80 valence electrons. The van der Waals surface area contributed by atoms with Gasteiger partial charge in [0.05, 0.1) is 5.75 Å². The van der Waals surface area contributed by atoms with Crippen molar-refractivity contribution < 1.29 is 13.5 Å². The third-order valence-electron chi connectivity index (χ3n) is 1.42. The van der Waals surface area contributed by atoms with Crippen molar-refractivity contribution in [1.82, 2.24) is 4.72 Å². The van der Waals surface area contributed by atoms with Crippen LogP contribution in [-0.4, -0.2) is 31.9 Å². The summed E-state index contributed by atoms with van der Waals surface area (Å²) in [6.45, 7) is 6.83. The lowest BCUT2D eigenvalue weighted by Gasteiger charge is -2.22. The summed E-state index contributed by atoms with van der Waals surface area (Å²) < 4.78 is 25.3. The van der Waals surface area contributed by atoms with Gasteiger partial charge in [-0.3, -0.25) is 0 Å². The number of aliphatic hydroxyl groups is 1. The number of nitrogens with one attached hydrogen (secondary N) is 1. The van der Waals surface area contributed by atoms with Gasteiger partial charge in [-0.05, 0) is 13.8 Å². The van der Waals surface area contributed by atoms with Gasteiger partial charge in [-0.25, -0.2) is 13.1 Å². The minimum Gasteiger partial charge on any atom is -0.396 e. The summed E-state index contributed by atoms with van der Waals surface area (Å²) in [5.74, 6) is -0.0469. The van der Waals surface area contributed by atoms with Crippen molar-refractivity contribution in [2.24, 2.45) is 5.41 Å². The Morgan fingerprint density at radius 1 is 1.38 bits per heavy atom.